The van der Waals surface area contributed by atoms with Crippen molar-refractivity contribution in [1.82, 2.24) is 10.6 Å². The van der Waals surface area contributed by atoms with Crippen molar-refractivity contribution in [3.63, 3.8) is 0 Å². The van der Waals surface area contributed by atoms with Gasteiger partial charge in [0.1, 0.15) is 0 Å². The molecule has 1 aromatic rings. The van der Waals surface area contributed by atoms with Crippen LogP contribution in [0, 0.1) is 11.3 Å². The highest BCUT2D eigenvalue weighted by atomic mass is 127. The lowest BCUT2D eigenvalue weighted by Gasteiger charge is -2.42. The van der Waals surface area contributed by atoms with Gasteiger partial charge in [-0.25, -0.2) is 0 Å². The van der Waals surface area contributed by atoms with Crippen LogP contribution >= 0.6 is 24.0 Å². The summed E-state index contributed by atoms with van der Waals surface area (Å²) in [4.78, 5) is 4.43. The van der Waals surface area contributed by atoms with Crippen molar-refractivity contribution in [3.8, 4) is 0 Å². The zero-order valence-corrected chi connectivity index (χ0v) is 19.6. The van der Waals surface area contributed by atoms with Crippen LogP contribution in [0.25, 0.3) is 0 Å². The smallest absolute Gasteiger partial charge is 0.191 e. The number of aliphatic imine (C=N–C) groups is 1. The Morgan fingerprint density at radius 2 is 2.00 bits per heavy atom. The number of methoxy groups -OCH3 is 1. The molecule has 1 heterocycles. The number of nitrogens with zero attached hydrogens (tertiary/aromatic N) is 1. The maximum Gasteiger partial charge on any atom is 0.191 e. The van der Waals surface area contributed by atoms with E-state index in [4.69, 9.17) is 9.47 Å². The molecule has 0 bridgehead atoms. The highest BCUT2D eigenvalue weighted by Gasteiger charge is 2.36. The zero-order valence-electron chi connectivity index (χ0n) is 17.3. The highest BCUT2D eigenvalue weighted by Crippen LogP contribution is 2.43. The second kappa shape index (κ2) is 12.0. The third-order valence-corrected chi connectivity index (χ3v) is 6.21. The monoisotopic (exact) mass is 501 g/mol. The standard InChI is InChI=1S/C22H35N3O2.HI/c1-23-21(25-17-22(11-7-12-22)13-15-26-2)24-16-19-10-6-14-27-20(19)18-8-4-3-5-9-18;/h3-5,8-9,19-20H,6-7,10-17H2,1-2H3,(H2,23,24,25);1H. The van der Waals surface area contributed by atoms with Crippen LogP contribution in [0.1, 0.15) is 50.2 Å². The van der Waals surface area contributed by atoms with Crippen molar-refractivity contribution in [3.05, 3.63) is 35.9 Å². The first kappa shape index (κ1) is 23.4. The molecule has 0 amide bonds. The van der Waals surface area contributed by atoms with Gasteiger partial charge >= 0.3 is 0 Å². The third-order valence-electron chi connectivity index (χ3n) is 6.21. The van der Waals surface area contributed by atoms with Gasteiger partial charge in [-0.3, -0.25) is 4.99 Å². The topological polar surface area (TPSA) is 54.9 Å². The second-order valence-electron chi connectivity index (χ2n) is 8.01. The van der Waals surface area contributed by atoms with E-state index in [0.717, 1.165) is 45.1 Å². The average Bonchev–Trinajstić information content (AvgIpc) is 2.70. The molecule has 2 N–H and O–H groups in total. The minimum Gasteiger partial charge on any atom is -0.385 e. The van der Waals surface area contributed by atoms with E-state index >= 15 is 0 Å². The first-order chi connectivity index (χ1) is 13.3. The maximum atomic E-state index is 6.11. The van der Waals surface area contributed by atoms with Crippen molar-refractivity contribution in [2.24, 2.45) is 16.3 Å². The molecule has 3 rings (SSSR count). The van der Waals surface area contributed by atoms with E-state index in [-0.39, 0.29) is 30.1 Å². The molecule has 1 aliphatic heterocycles. The summed E-state index contributed by atoms with van der Waals surface area (Å²) in [5.74, 6) is 1.36. The van der Waals surface area contributed by atoms with E-state index in [2.05, 4.69) is 46.0 Å². The van der Waals surface area contributed by atoms with Gasteiger partial charge in [-0.15, -0.1) is 24.0 Å². The molecule has 1 aromatic carbocycles. The summed E-state index contributed by atoms with van der Waals surface area (Å²) in [5.41, 5.74) is 1.66. The van der Waals surface area contributed by atoms with Gasteiger partial charge in [0.15, 0.2) is 5.96 Å². The lowest BCUT2D eigenvalue weighted by Crippen LogP contribution is -2.48. The molecule has 0 radical (unpaired) electrons. The van der Waals surface area contributed by atoms with Crippen LogP contribution in [0.15, 0.2) is 35.3 Å². The molecule has 28 heavy (non-hydrogen) atoms. The predicted molar refractivity (Wildman–Crippen MR) is 125 cm³/mol. The summed E-state index contributed by atoms with van der Waals surface area (Å²) in [6, 6.07) is 10.6. The Balaban J connectivity index is 0.00000280. The Morgan fingerprint density at radius 1 is 1.21 bits per heavy atom. The van der Waals surface area contributed by atoms with E-state index in [9.17, 15) is 0 Å². The van der Waals surface area contributed by atoms with E-state index < -0.39 is 0 Å². The van der Waals surface area contributed by atoms with Gasteiger partial charge in [0.05, 0.1) is 6.10 Å². The number of hydrogen-bond acceptors (Lipinski definition) is 3. The van der Waals surface area contributed by atoms with Gasteiger partial charge < -0.3 is 20.1 Å². The quantitative estimate of drug-likeness (QED) is 0.320. The van der Waals surface area contributed by atoms with Crippen LogP contribution < -0.4 is 10.6 Å². The molecule has 2 atom stereocenters. The summed E-state index contributed by atoms with van der Waals surface area (Å²) in [5, 5.41) is 7.10. The molecule has 1 aliphatic carbocycles. The molecule has 0 spiro atoms. The largest absolute Gasteiger partial charge is 0.385 e. The van der Waals surface area contributed by atoms with Crippen molar-refractivity contribution >= 4 is 29.9 Å². The Labute approximate surface area is 187 Å². The molecule has 0 aromatic heterocycles. The maximum absolute atomic E-state index is 6.11. The van der Waals surface area contributed by atoms with Gasteiger partial charge in [-0.1, -0.05) is 36.8 Å². The minimum absolute atomic E-state index is 0. The van der Waals surface area contributed by atoms with E-state index in [1.54, 1.807) is 7.11 Å². The first-order valence-electron chi connectivity index (χ1n) is 10.4. The van der Waals surface area contributed by atoms with E-state index in [0.29, 0.717) is 11.3 Å². The number of benzene rings is 1. The van der Waals surface area contributed by atoms with E-state index in [1.807, 2.05) is 7.05 Å². The fourth-order valence-corrected chi connectivity index (χ4v) is 4.29. The Morgan fingerprint density at radius 3 is 2.64 bits per heavy atom. The predicted octanol–water partition coefficient (Wildman–Crippen LogP) is 4.14. The first-order valence-corrected chi connectivity index (χ1v) is 10.4. The number of ether oxygens (including phenoxy) is 2. The van der Waals surface area contributed by atoms with Crippen LogP contribution in [-0.2, 0) is 9.47 Å². The molecular weight excluding hydrogens is 465 g/mol. The number of nitrogens with one attached hydrogen (secondary N) is 2. The number of guanidine groups is 1. The molecule has 1 saturated carbocycles. The summed E-state index contributed by atoms with van der Waals surface area (Å²) in [7, 11) is 3.64. The second-order valence-corrected chi connectivity index (χ2v) is 8.01. The third kappa shape index (κ3) is 6.32. The van der Waals surface area contributed by atoms with Crippen molar-refractivity contribution in [1.29, 1.82) is 0 Å². The summed E-state index contributed by atoms with van der Waals surface area (Å²) in [6.45, 7) is 3.54. The fraction of sp³-hybridized carbons (Fsp3) is 0.682. The van der Waals surface area contributed by atoms with Crippen molar-refractivity contribution in [2.45, 2.75) is 44.6 Å². The normalized spacial score (nSPS) is 24.0. The lowest BCUT2D eigenvalue weighted by molar-refractivity contribution is -0.0265. The van der Waals surface area contributed by atoms with Gasteiger partial charge in [0.2, 0.25) is 0 Å². The Hall–Kier alpha value is -0.860. The lowest BCUT2D eigenvalue weighted by atomic mass is 9.67. The van der Waals surface area contributed by atoms with Crippen molar-refractivity contribution < 1.29 is 9.47 Å². The molecule has 5 nitrogen and oxygen atoms in total. The number of rotatable bonds is 8. The van der Waals surface area contributed by atoms with Crippen LogP contribution in [0.5, 0.6) is 0 Å². The molecule has 158 valence electrons. The summed E-state index contributed by atoms with van der Waals surface area (Å²) < 4.78 is 11.4. The molecule has 2 unspecified atom stereocenters. The van der Waals surface area contributed by atoms with E-state index in [1.165, 1.54) is 31.2 Å². The summed E-state index contributed by atoms with van der Waals surface area (Å²) >= 11 is 0. The van der Waals surface area contributed by atoms with Gasteiger partial charge in [0, 0.05) is 46.4 Å². The molecular formula is C22H36IN3O2. The molecule has 1 saturated heterocycles. The Kier molecular flexibility index (Phi) is 10.0. The average molecular weight is 501 g/mol. The zero-order chi connectivity index (χ0) is 19.0. The summed E-state index contributed by atoms with van der Waals surface area (Å²) in [6.07, 6.45) is 7.50. The SMILES string of the molecule is CN=C(NCC1CCCOC1c1ccccc1)NCC1(CCOC)CCC1.I. The van der Waals surface area contributed by atoms with Gasteiger partial charge in [-0.2, -0.15) is 0 Å². The fourth-order valence-electron chi connectivity index (χ4n) is 4.29. The Bertz CT molecular complexity index is 593. The van der Waals surface area contributed by atoms with Crippen LogP contribution in [-0.4, -0.2) is 46.4 Å². The van der Waals surface area contributed by atoms with Crippen molar-refractivity contribution in [2.75, 3.05) is 40.5 Å². The van der Waals surface area contributed by atoms with Gasteiger partial charge in [-0.05, 0) is 43.1 Å². The molecule has 2 aliphatic rings. The number of hydrogen-bond donors (Lipinski definition) is 2. The molecule has 2 fully saturated rings. The minimum atomic E-state index is 0. The number of halogens is 1. The highest BCUT2D eigenvalue weighted by molar-refractivity contribution is 14.0. The van der Waals surface area contributed by atoms with Crippen LogP contribution in [0.3, 0.4) is 0 Å². The van der Waals surface area contributed by atoms with Crippen LogP contribution in [0.4, 0.5) is 0 Å². The van der Waals surface area contributed by atoms with Gasteiger partial charge in [0.25, 0.3) is 0 Å². The molecule has 6 heteroatoms. The van der Waals surface area contributed by atoms with Crippen LogP contribution in [0.2, 0.25) is 0 Å².